The van der Waals surface area contributed by atoms with Gasteiger partial charge in [-0.2, -0.15) is 5.70 Å². The molecule has 1 unspecified atom stereocenters. The number of aromatic nitrogens is 2. The van der Waals surface area contributed by atoms with Gasteiger partial charge in [0, 0.05) is 115 Å². The number of aliphatic hydroxyl groups is 2. The summed E-state index contributed by atoms with van der Waals surface area (Å²) in [5.41, 5.74) is 56.9. The first-order chi connectivity index (χ1) is 52.0. The van der Waals surface area contributed by atoms with E-state index in [1.807, 2.05) is 80.5 Å². The quantitative estimate of drug-likeness (QED) is 0.0265. The van der Waals surface area contributed by atoms with Crippen molar-refractivity contribution in [3.05, 3.63) is 75.8 Å². The number of phosphoric acid groups is 1. The van der Waals surface area contributed by atoms with Crippen LogP contribution in [0.4, 0.5) is 0 Å². The van der Waals surface area contributed by atoms with Gasteiger partial charge in [-0.3, -0.25) is 67.5 Å². The molecule has 2 fully saturated rings. The minimum Gasteiger partial charge on any atom is -0.756 e. The van der Waals surface area contributed by atoms with E-state index in [0.29, 0.717) is 69.4 Å². The van der Waals surface area contributed by atoms with Gasteiger partial charge in [-0.05, 0) is 145 Å². The van der Waals surface area contributed by atoms with Crippen molar-refractivity contribution in [3.8, 4) is 0 Å². The number of amides is 8. The Kier molecular flexibility index (Phi) is 34.2. The average Bonchev–Trinajstić information content (AvgIpc) is 1.53. The van der Waals surface area contributed by atoms with E-state index in [2.05, 4.69) is 10.3 Å². The number of carboxylic acids is 2. The summed E-state index contributed by atoms with van der Waals surface area (Å²) >= 11 is 0. The fraction of sp³-hybridized carbons (Fsp3) is 0.635. The van der Waals surface area contributed by atoms with Crippen LogP contribution in [0.5, 0.6) is 0 Å². The smallest absolute Gasteiger partial charge is 0.756 e. The maximum Gasteiger partial charge on any atom is 3.00 e. The molecule has 0 radical (unpaired) electrons. The van der Waals surface area contributed by atoms with Crippen molar-refractivity contribution < 1.29 is 108 Å². The Balaban J connectivity index is 0.00000102. The number of carboxylic acid groups (broad SMARTS) is 2. The fourth-order valence-electron chi connectivity index (χ4n) is 16.4. The topological polar surface area (TPSA) is 684 Å². The molecule has 6 aliphatic heterocycles. The van der Waals surface area contributed by atoms with Crippen molar-refractivity contribution >= 4 is 95.2 Å². The molecule has 113 heavy (non-hydrogen) atoms. The second-order valence-corrected chi connectivity index (χ2v) is 32.5. The average molecular weight is 1650 g/mol. The van der Waals surface area contributed by atoms with Crippen molar-refractivity contribution in [1.82, 2.24) is 14.9 Å². The summed E-state index contributed by atoms with van der Waals surface area (Å²) < 4.78 is 31.9. The molecule has 37 nitrogen and oxygen atoms in total. The molecule has 2 saturated heterocycles. The van der Waals surface area contributed by atoms with Crippen molar-refractivity contribution in [2.75, 3.05) is 19.7 Å². The second-order valence-electron chi connectivity index (χ2n) is 31.2. The number of rotatable bonds is 35. The van der Waals surface area contributed by atoms with Crippen LogP contribution >= 0.6 is 7.82 Å². The summed E-state index contributed by atoms with van der Waals surface area (Å²) in [5, 5.41) is 52.9. The first-order valence-electron chi connectivity index (χ1n) is 36.9. The van der Waals surface area contributed by atoms with E-state index >= 15 is 0 Å². The molecule has 2 aromatic rings. The standard InChI is InChI=1S/C62H90N13O14P.C6H14N2O2.C5H10N2O3.CN.Co/c1-29-20-39-40(21-30(29)2)75(28-70-39)57-52(84)53(41(27-76)87-57)89-90(85,86)88-31(3)26-69-49(83)18-19-59(8)37(22-46(66)80)56-62(11)61(10,25-48(68)82)36(14-17-45(65)79)51(74-62)33(5)55-60(9,24-47(67)81)34(12-15-43(63)77)38(71-55)23-42-58(6,7)35(13-16-44(64)78)50(72-42)32(4)54(59)73-56;7-4-2-1-3-5(8)6(9)10;6-3(5(9)10)1-2-4(7)8;1-2;/h20-21,23,28,31,34-37,41,52-53,56-57,76,84H,12-19,22,24-27H2,1-11H3,(H15,63,64,65,66,67,68,69,71,72,73,74,77,78,79,80,81,82,83,85,86);5H,1-4,7-8H2,(H,9,10);3H,1-2,6H2,(H2,7,8)(H,9,10);;/q;;;-1;+3/p-2/t31-,34-,35-,36-,37+,41-,52-,53-,56-,57+,59-,60+,61+,62+;5-;3-;;/m100../s1. The number of carbonyl (C=O) groups is 10. The maximum atomic E-state index is 14.4. The van der Waals surface area contributed by atoms with Gasteiger partial charge in [-0.25, -0.2) is 4.98 Å². The molecule has 6 aliphatic rings. The van der Waals surface area contributed by atoms with Crippen LogP contribution in [-0.2, 0) is 83.1 Å². The van der Waals surface area contributed by atoms with Crippen LogP contribution in [0.3, 0.4) is 0 Å². The molecule has 17 atom stereocenters. The zero-order chi connectivity index (χ0) is 84.8. The van der Waals surface area contributed by atoms with E-state index in [4.69, 9.17) is 113 Å². The van der Waals surface area contributed by atoms with Crippen molar-refractivity contribution in [2.24, 2.45) is 118 Å². The number of nitrogens with two attached hydrogens (primary N) is 10. The normalized spacial score (nSPS) is 29.5. The first-order valence-corrected chi connectivity index (χ1v) is 38.3. The van der Waals surface area contributed by atoms with Crippen LogP contribution in [0.15, 0.2) is 67.8 Å². The molecular weight excluding hydrogens is 1530 g/mol. The van der Waals surface area contributed by atoms with Gasteiger partial charge in [-0.15, -0.1) is 0 Å². The zero-order valence-corrected chi connectivity index (χ0v) is 67.7. The molecule has 626 valence electrons. The van der Waals surface area contributed by atoms with E-state index in [9.17, 15) is 67.6 Å². The van der Waals surface area contributed by atoms with E-state index in [1.54, 1.807) is 6.92 Å². The van der Waals surface area contributed by atoms with Gasteiger partial charge in [0.25, 0.3) is 7.82 Å². The summed E-state index contributed by atoms with van der Waals surface area (Å²) in [4.78, 5) is 158. The molecule has 7 heterocycles. The van der Waals surface area contributed by atoms with Gasteiger partial charge in [0.1, 0.15) is 30.4 Å². The third-order valence-electron chi connectivity index (χ3n) is 22.8. The van der Waals surface area contributed by atoms with Crippen LogP contribution < -0.4 is 67.5 Å². The number of phosphoric ester groups is 1. The number of aliphatic hydroxyl groups excluding tert-OH is 2. The van der Waals surface area contributed by atoms with Crippen molar-refractivity contribution in [1.29, 1.82) is 5.26 Å². The Hall–Kier alpha value is -8.71. The molecule has 0 aliphatic carbocycles. The molecule has 39 heteroatoms. The molecule has 1 aromatic heterocycles. The number of ether oxygens (including phenoxy) is 1. The number of nitrogens with one attached hydrogen (secondary N) is 1. The number of aliphatic carboxylic acids is 2. The summed E-state index contributed by atoms with van der Waals surface area (Å²) in [6.07, 6.45) is -2.50. The van der Waals surface area contributed by atoms with Gasteiger partial charge in [0.05, 0.1) is 41.3 Å². The Morgan fingerprint density at radius 2 is 1.28 bits per heavy atom. The number of hydrogen-bond donors (Lipinski definition) is 15. The van der Waals surface area contributed by atoms with Gasteiger partial charge in [0.2, 0.25) is 47.3 Å². The fourth-order valence-corrected chi connectivity index (χ4v) is 17.5. The molecule has 8 amide bonds. The van der Waals surface area contributed by atoms with Gasteiger partial charge < -0.3 is 123 Å². The monoisotopic (exact) mass is 1650 g/mol. The molecule has 0 saturated carbocycles. The third kappa shape index (κ3) is 22.7. The molecule has 8 bridgehead atoms. The Bertz CT molecular complexity index is 4180. The third-order valence-corrected chi connectivity index (χ3v) is 23.9. The van der Waals surface area contributed by atoms with Crippen LogP contribution in [0.25, 0.3) is 16.4 Å². The summed E-state index contributed by atoms with van der Waals surface area (Å²) in [6, 6.07) is 0.960. The van der Waals surface area contributed by atoms with E-state index < -0.39 is 173 Å². The Morgan fingerprint density at radius 3 is 1.81 bits per heavy atom. The van der Waals surface area contributed by atoms with Crippen LogP contribution in [0.1, 0.15) is 182 Å². The number of unbranched alkanes of at least 4 members (excludes halogenated alkanes) is 1. The number of fused-ring (bicyclic) bond motifs is 7. The molecule has 1 aromatic carbocycles. The minimum absolute atomic E-state index is 0. The maximum absolute atomic E-state index is 14.4. The van der Waals surface area contributed by atoms with E-state index in [0.717, 1.165) is 24.0 Å². The summed E-state index contributed by atoms with van der Waals surface area (Å²) in [6.45, 7) is 24.3. The first kappa shape index (κ1) is 96.7. The number of primary amides is 7. The van der Waals surface area contributed by atoms with Gasteiger partial charge >= 0.3 is 28.7 Å². The summed E-state index contributed by atoms with van der Waals surface area (Å²) in [7, 11) is -5.32. The Morgan fingerprint density at radius 1 is 0.735 bits per heavy atom. The Labute approximate surface area is 666 Å². The molecular formula is C74H112CoN18O19P. The predicted molar refractivity (Wildman–Crippen MR) is 409 cm³/mol. The van der Waals surface area contributed by atoms with Crippen LogP contribution in [0, 0.1) is 71.0 Å². The predicted octanol–water partition coefficient (Wildman–Crippen LogP) is 1.60. The number of imidazole rings is 1. The number of allylic oxidation sites excluding steroid dienone is 6. The molecule has 25 N–H and O–H groups in total. The number of nitrogens with zero attached hydrogens (tertiary/aromatic N) is 7. The minimum atomic E-state index is -5.32. The number of carbonyl (C=O) groups excluding carboxylic acids is 8. The number of benzene rings is 1. The number of aliphatic imine (C=N–C) groups is 3. The van der Waals surface area contributed by atoms with Crippen LogP contribution in [0.2, 0.25) is 0 Å². The van der Waals surface area contributed by atoms with Crippen LogP contribution in [-0.4, -0.2) is 174 Å². The number of hydrogen-bond acceptors (Lipinski definition) is 25. The molecule has 8 rings (SSSR count). The van der Waals surface area contributed by atoms with Crippen molar-refractivity contribution in [2.45, 2.75) is 233 Å². The largest absolute Gasteiger partial charge is 3.00 e. The summed E-state index contributed by atoms with van der Waals surface area (Å²) in [5.74, 6) is -9.98. The van der Waals surface area contributed by atoms with E-state index in [-0.39, 0.29) is 107 Å². The van der Waals surface area contributed by atoms with Gasteiger partial charge in [0.15, 0.2) is 6.23 Å². The number of aryl methyl sites for hydroxylation is 2. The van der Waals surface area contributed by atoms with E-state index in [1.165, 1.54) is 17.8 Å². The zero-order valence-electron chi connectivity index (χ0n) is 65.8. The second kappa shape index (κ2) is 40.0. The van der Waals surface area contributed by atoms with Gasteiger partial charge in [-0.1, -0.05) is 47.1 Å². The molecule has 0 spiro atoms. The SMILES string of the molecule is C/C1=C2/[N-][C@H]([C@H](CC(N)=O)[C@@]2(C)CCC(=O)NC[C@@H](C)OP(=O)([O-])O[C@H]2[C@@H](O)[C@@H](n3cnc4cc(C)c(C)cc43)O[C@@H]2CO)[C@]2(C)N=C(/C(C)=C3N=C(/C=C4N=C1[C@@H](CCC(N)=O)C\4(C)C)[C@@H](CCC(N)=O)[C@]\3(C)CC(N)=O)[C@@H](CCC(N)=O)[C@]2(C)CC(N)=O.NC(=O)CC[C@H](N)C(=O)O.NCCCC[C@H](N)C(=O)O.[C-]#N.[Co+3]. The van der Waals surface area contributed by atoms with Crippen molar-refractivity contribution in [3.63, 3.8) is 0 Å².